The molecule has 0 saturated heterocycles. The smallest absolute Gasteiger partial charge is 0.279 e. The van der Waals surface area contributed by atoms with E-state index in [0.717, 1.165) is 0 Å². The van der Waals surface area contributed by atoms with E-state index in [1.54, 1.807) is 38.1 Å². The first-order valence-electron chi connectivity index (χ1n) is 6.94. The van der Waals surface area contributed by atoms with Gasteiger partial charge in [-0.25, -0.2) is 0 Å². The van der Waals surface area contributed by atoms with Gasteiger partial charge in [-0.1, -0.05) is 19.1 Å². The predicted molar refractivity (Wildman–Crippen MR) is 81.4 cm³/mol. The van der Waals surface area contributed by atoms with Crippen LogP contribution in [0.25, 0.3) is 10.9 Å². The highest BCUT2D eigenvalue weighted by molar-refractivity contribution is 6.02. The van der Waals surface area contributed by atoms with E-state index in [1.807, 2.05) is 0 Å². The molecule has 2 rings (SSSR count). The number of nitrogens with zero attached hydrogens (tertiary/aromatic N) is 1. The van der Waals surface area contributed by atoms with Crippen molar-refractivity contribution in [1.82, 2.24) is 15.4 Å². The highest BCUT2D eigenvalue weighted by Crippen LogP contribution is 2.25. The van der Waals surface area contributed by atoms with Crippen molar-refractivity contribution in [3.8, 4) is 5.75 Å². The van der Waals surface area contributed by atoms with Crippen LogP contribution in [0.2, 0.25) is 0 Å². The second kappa shape index (κ2) is 6.30. The van der Waals surface area contributed by atoms with Gasteiger partial charge in [0.25, 0.3) is 11.5 Å². The van der Waals surface area contributed by atoms with Crippen LogP contribution in [-0.4, -0.2) is 21.5 Å². The number of hydrogen-bond donors (Lipinski definition) is 3. The number of rotatable bonds is 3. The van der Waals surface area contributed by atoms with E-state index in [4.69, 9.17) is 0 Å². The first-order valence-corrected chi connectivity index (χ1v) is 6.94. The molecule has 1 aromatic heterocycles. The molecule has 3 N–H and O–H groups in total. The number of pyridine rings is 1. The van der Waals surface area contributed by atoms with Crippen LogP contribution < -0.4 is 16.4 Å². The number of benzene rings is 1. The van der Waals surface area contributed by atoms with Crippen LogP contribution in [0.4, 0.5) is 0 Å². The van der Waals surface area contributed by atoms with E-state index in [-0.39, 0.29) is 6.42 Å². The molecule has 0 fully saturated rings. The van der Waals surface area contributed by atoms with Crippen LogP contribution >= 0.6 is 0 Å². The Hall–Kier alpha value is -2.83. The maximum Gasteiger partial charge on any atom is 0.279 e. The largest absolute Gasteiger partial charge is 0.506 e. The molecule has 116 valence electrons. The van der Waals surface area contributed by atoms with Crippen LogP contribution in [-0.2, 0) is 11.3 Å². The second-order valence-corrected chi connectivity index (χ2v) is 4.65. The summed E-state index contributed by atoms with van der Waals surface area (Å²) in [5.74, 6) is -1.64. The lowest BCUT2D eigenvalue weighted by Crippen LogP contribution is -2.43. The summed E-state index contributed by atoms with van der Waals surface area (Å²) in [6, 6.07) is 6.76. The molecule has 0 aliphatic rings. The molecule has 7 nitrogen and oxygen atoms in total. The molecule has 22 heavy (non-hydrogen) atoms. The summed E-state index contributed by atoms with van der Waals surface area (Å²) >= 11 is 0. The average Bonchev–Trinajstić information content (AvgIpc) is 2.53. The minimum absolute atomic E-state index is 0.184. The predicted octanol–water partition coefficient (Wildman–Crippen LogP) is 0.898. The third-order valence-corrected chi connectivity index (χ3v) is 3.33. The molecule has 0 bridgehead atoms. The third kappa shape index (κ3) is 2.65. The van der Waals surface area contributed by atoms with Gasteiger partial charge in [-0.15, -0.1) is 0 Å². The Balaban J connectivity index is 2.56. The zero-order valence-electron chi connectivity index (χ0n) is 12.3. The number of amides is 2. The summed E-state index contributed by atoms with van der Waals surface area (Å²) in [5.41, 5.74) is 3.85. The topological polar surface area (TPSA) is 100 Å². The van der Waals surface area contributed by atoms with Gasteiger partial charge in [-0.3, -0.25) is 25.2 Å². The Morgan fingerprint density at radius 2 is 1.86 bits per heavy atom. The monoisotopic (exact) mass is 303 g/mol. The highest BCUT2D eigenvalue weighted by atomic mass is 16.3. The Morgan fingerprint density at radius 1 is 1.18 bits per heavy atom. The van der Waals surface area contributed by atoms with Crippen molar-refractivity contribution in [2.75, 3.05) is 0 Å². The van der Waals surface area contributed by atoms with Crippen LogP contribution in [0.1, 0.15) is 30.6 Å². The number of aryl methyl sites for hydroxylation is 1. The number of hydrogen-bond acceptors (Lipinski definition) is 4. The number of carbonyl (C=O) groups is 2. The lowest BCUT2D eigenvalue weighted by Gasteiger charge is -2.13. The molecule has 0 spiro atoms. The average molecular weight is 303 g/mol. The summed E-state index contributed by atoms with van der Waals surface area (Å²) in [4.78, 5) is 35.7. The summed E-state index contributed by atoms with van der Waals surface area (Å²) < 4.78 is 1.39. The van der Waals surface area contributed by atoms with Crippen molar-refractivity contribution >= 4 is 22.7 Å². The van der Waals surface area contributed by atoms with Gasteiger partial charge < -0.3 is 9.67 Å². The molecule has 0 saturated carbocycles. The summed E-state index contributed by atoms with van der Waals surface area (Å²) in [7, 11) is 0. The van der Waals surface area contributed by atoms with E-state index < -0.39 is 28.7 Å². The first-order chi connectivity index (χ1) is 10.5. The molecule has 0 unspecified atom stereocenters. The van der Waals surface area contributed by atoms with Crippen LogP contribution in [0.15, 0.2) is 29.1 Å². The van der Waals surface area contributed by atoms with E-state index in [1.165, 1.54) is 4.57 Å². The molecule has 2 aromatic rings. The molecule has 0 aliphatic carbocycles. The fraction of sp³-hybridized carbons (Fsp3) is 0.267. The minimum atomic E-state index is -0.850. The highest BCUT2D eigenvalue weighted by Gasteiger charge is 2.21. The number of carbonyl (C=O) groups excluding carboxylic acids is 2. The first kappa shape index (κ1) is 15.6. The number of aromatic hydroxyl groups is 1. The molecule has 0 atom stereocenters. The van der Waals surface area contributed by atoms with Crippen molar-refractivity contribution < 1.29 is 14.7 Å². The van der Waals surface area contributed by atoms with E-state index in [0.29, 0.717) is 17.4 Å². The normalized spacial score (nSPS) is 10.5. The number of fused-ring (bicyclic) bond motifs is 1. The van der Waals surface area contributed by atoms with Crippen LogP contribution in [0.3, 0.4) is 0 Å². The van der Waals surface area contributed by atoms with Crippen molar-refractivity contribution in [2.24, 2.45) is 0 Å². The maximum atomic E-state index is 12.4. The van der Waals surface area contributed by atoms with Crippen LogP contribution in [0, 0.1) is 0 Å². The number of aromatic nitrogens is 1. The Kier molecular flexibility index (Phi) is 4.45. The van der Waals surface area contributed by atoms with Crippen molar-refractivity contribution in [1.29, 1.82) is 0 Å². The third-order valence-electron chi connectivity index (χ3n) is 3.33. The Labute approximate surface area is 126 Å². The lowest BCUT2D eigenvalue weighted by atomic mass is 10.1. The molecule has 0 radical (unpaired) electrons. The van der Waals surface area contributed by atoms with Gasteiger partial charge in [0, 0.05) is 18.4 Å². The van der Waals surface area contributed by atoms with Crippen molar-refractivity contribution in [2.45, 2.75) is 26.8 Å². The number of para-hydroxylation sites is 1. The fourth-order valence-corrected chi connectivity index (χ4v) is 2.19. The van der Waals surface area contributed by atoms with Crippen molar-refractivity contribution in [3.63, 3.8) is 0 Å². The second-order valence-electron chi connectivity index (χ2n) is 4.65. The van der Waals surface area contributed by atoms with E-state index >= 15 is 0 Å². The Morgan fingerprint density at radius 3 is 2.50 bits per heavy atom. The molecule has 0 aliphatic heterocycles. The summed E-state index contributed by atoms with van der Waals surface area (Å²) in [5, 5.41) is 10.7. The van der Waals surface area contributed by atoms with E-state index in [2.05, 4.69) is 10.9 Å². The fourth-order valence-electron chi connectivity index (χ4n) is 2.19. The zero-order chi connectivity index (χ0) is 16.3. The minimum Gasteiger partial charge on any atom is -0.506 e. The number of hydrazine groups is 1. The molecular weight excluding hydrogens is 286 g/mol. The summed E-state index contributed by atoms with van der Waals surface area (Å²) in [6.07, 6.45) is 0.184. The Bertz CT molecular complexity index is 795. The molecule has 1 aromatic carbocycles. The van der Waals surface area contributed by atoms with Gasteiger partial charge in [-0.05, 0) is 19.1 Å². The molecule has 1 heterocycles. The standard InChI is InChI=1S/C15H17N3O4/c1-3-11(19)16-17-14(21)12-13(20)9-7-5-6-8-10(9)18(4-2)15(12)22/h5-8,20H,3-4H2,1-2H3,(H,16,19)(H,17,21). The van der Waals surface area contributed by atoms with Gasteiger partial charge >= 0.3 is 0 Å². The summed E-state index contributed by atoms with van der Waals surface area (Å²) in [6.45, 7) is 3.74. The van der Waals surface area contributed by atoms with Gasteiger partial charge in [0.2, 0.25) is 5.91 Å². The molecular formula is C15H17N3O4. The van der Waals surface area contributed by atoms with Gasteiger partial charge in [0.15, 0.2) is 0 Å². The zero-order valence-corrected chi connectivity index (χ0v) is 12.3. The molecule has 2 amide bonds. The van der Waals surface area contributed by atoms with Crippen molar-refractivity contribution in [3.05, 3.63) is 40.2 Å². The van der Waals surface area contributed by atoms with Crippen LogP contribution in [0.5, 0.6) is 5.75 Å². The molecule has 7 heteroatoms. The van der Waals surface area contributed by atoms with E-state index in [9.17, 15) is 19.5 Å². The van der Waals surface area contributed by atoms with Gasteiger partial charge in [-0.2, -0.15) is 0 Å². The lowest BCUT2D eigenvalue weighted by molar-refractivity contribution is -0.121. The number of nitrogens with one attached hydrogen (secondary N) is 2. The quantitative estimate of drug-likeness (QED) is 0.733. The maximum absolute atomic E-state index is 12.4. The SMILES string of the molecule is CCC(=O)NNC(=O)c1c(O)c2ccccc2n(CC)c1=O. The van der Waals surface area contributed by atoms with Gasteiger partial charge in [0.1, 0.15) is 11.3 Å². The van der Waals surface area contributed by atoms with Gasteiger partial charge in [0.05, 0.1) is 5.52 Å².